The highest BCUT2D eigenvalue weighted by molar-refractivity contribution is 7.15. The summed E-state index contributed by atoms with van der Waals surface area (Å²) in [7, 11) is 1.61. The van der Waals surface area contributed by atoms with E-state index in [9.17, 15) is 4.79 Å². The van der Waals surface area contributed by atoms with Gasteiger partial charge in [0.2, 0.25) is 4.96 Å². The summed E-state index contributed by atoms with van der Waals surface area (Å²) in [6.45, 7) is 2.81. The Morgan fingerprint density at radius 3 is 2.58 bits per heavy atom. The van der Waals surface area contributed by atoms with Gasteiger partial charge in [-0.1, -0.05) is 67.0 Å². The summed E-state index contributed by atoms with van der Waals surface area (Å²) in [4.78, 5) is 17.8. The topological polar surface area (TPSA) is 65.7 Å². The lowest BCUT2D eigenvalue weighted by molar-refractivity contribution is 0.286. The minimum Gasteiger partial charge on any atom is -0.493 e. The lowest BCUT2D eigenvalue weighted by Gasteiger charge is -2.11. The maximum atomic E-state index is 12.8. The average Bonchev–Trinajstić information content (AvgIpc) is 3.35. The molecule has 170 valence electrons. The van der Waals surface area contributed by atoms with Crippen LogP contribution in [0.1, 0.15) is 43.1 Å². The molecule has 0 atom stereocenters. The van der Waals surface area contributed by atoms with Gasteiger partial charge >= 0.3 is 0 Å². The van der Waals surface area contributed by atoms with Gasteiger partial charge in [-0.25, -0.2) is 0 Å². The Bertz CT molecular complexity index is 1380. The molecule has 33 heavy (non-hydrogen) atoms. The quantitative estimate of drug-likeness (QED) is 0.311. The van der Waals surface area contributed by atoms with E-state index in [1.165, 1.54) is 15.9 Å². The molecule has 0 spiro atoms. The number of ether oxygens (including phenoxy) is 2. The van der Waals surface area contributed by atoms with E-state index in [1.807, 2.05) is 54.6 Å². The molecular weight excluding hydrogens is 458 g/mol. The summed E-state index contributed by atoms with van der Waals surface area (Å²) in [5, 5.41) is 5.01. The minimum atomic E-state index is -0.201. The number of halogens is 1. The molecule has 0 saturated heterocycles. The third-order valence-electron chi connectivity index (χ3n) is 4.98. The second-order valence-corrected chi connectivity index (χ2v) is 8.88. The van der Waals surface area contributed by atoms with Crippen LogP contribution < -0.4 is 19.6 Å². The normalized spacial score (nSPS) is 12.2. The second-order valence-electron chi connectivity index (χ2n) is 7.43. The van der Waals surface area contributed by atoms with E-state index in [0.717, 1.165) is 30.4 Å². The third-order valence-corrected chi connectivity index (χ3v) is 6.20. The van der Waals surface area contributed by atoms with Crippen molar-refractivity contribution in [2.75, 3.05) is 13.7 Å². The molecule has 6 nitrogen and oxygen atoms in total. The summed E-state index contributed by atoms with van der Waals surface area (Å²) in [6, 6.07) is 13.1. The van der Waals surface area contributed by atoms with Gasteiger partial charge in [-0.2, -0.15) is 9.50 Å². The number of nitrogens with zero attached hydrogens (tertiary/aromatic N) is 3. The fourth-order valence-electron chi connectivity index (χ4n) is 3.24. The van der Waals surface area contributed by atoms with E-state index in [-0.39, 0.29) is 5.56 Å². The molecule has 0 aliphatic carbocycles. The Morgan fingerprint density at radius 2 is 1.85 bits per heavy atom. The Morgan fingerprint density at radius 1 is 1.06 bits per heavy atom. The van der Waals surface area contributed by atoms with Crippen molar-refractivity contribution in [3.63, 3.8) is 0 Å². The first-order chi connectivity index (χ1) is 16.1. The molecule has 0 N–H and O–H groups in total. The number of rotatable bonds is 9. The average molecular weight is 482 g/mol. The Labute approximate surface area is 200 Å². The van der Waals surface area contributed by atoms with Crippen LogP contribution in [0.15, 0.2) is 47.3 Å². The van der Waals surface area contributed by atoms with Crippen LogP contribution in [0.3, 0.4) is 0 Å². The van der Waals surface area contributed by atoms with Gasteiger partial charge in [-0.3, -0.25) is 4.79 Å². The van der Waals surface area contributed by atoms with Crippen LogP contribution in [0.5, 0.6) is 11.5 Å². The molecule has 2 aromatic carbocycles. The fraction of sp³-hybridized carbons (Fsp3) is 0.240. The predicted molar refractivity (Wildman–Crippen MR) is 134 cm³/mol. The van der Waals surface area contributed by atoms with Crippen molar-refractivity contribution < 1.29 is 9.47 Å². The predicted octanol–water partition coefficient (Wildman–Crippen LogP) is 5.10. The van der Waals surface area contributed by atoms with Gasteiger partial charge in [0, 0.05) is 5.02 Å². The molecule has 0 saturated carbocycles. The van der Waals surface area contributed by atoms with E-state index < -0.39 is 0 Å². The van der Waals surface area contributed by atoms with Crippen LogP contribution in [0.4, 0.5) is 0 Å². The van der Waals surface area contributed by atoms with Crippen molar-refractivity contribution in [3.05, 3.63) is 79.3 Å². The molecule has 0 bridgehead atoms. The molecule has 0 radical (unpaired) electrons. The molecular formula is C25H24ClN3O3S. The zero-order chi connectivity index (χ0) is 23.2. The lowest BCUT2D eigenvalue weighted by Crippen LogP contribution is -2.23. The molecule has 0 aliphatic rings. The van der Waals surface area contributed by atoms with E-state index in [0.29, 0.717) is 38.4 Å². The molecule has 2 heterocycles. The van der Waals surface area contributed by atoms with E-state index in [4.69, 9.17) is 21.1 Å². The first-order valence-electron chi connectivity index (χ1n) is 10.7. The van der Waals surface area contributed by atoms with Crippen molar-refractivity contribution >= 4 is 46.1 Å². The van der Waals surface area contributed by atoms with Crippen LogP contribution in [-0.2, 0) is 0 Å². The smallest absolute Gasteiger partial charge is 0.291 e. The van der Waals surface area contributed by atoms with Gasteiger partial charge in [0.15, 0.2) is 17.3 Å². The molecule has 0 unspecified atom stereocenters. The highest BCUT2D eigenvalue weighted by atomic mass is 35.5. The van der Waals surface area contributed by atoms with Crippen LogP contribution in [0.25, 0.3) is 23.2 Å². The first kappa shape index (κ1) is 23.0. The van der Waals surface area contributed by atoms with Crippen molar-refractivity contribution in [2.45, 2.75) is 26.2 Å². The number of fused-ring (bicyclic) bond motifs is 1. The van der Waals surface area contributed by atoms with Gasteiger partial charge < -0.3 is 9.47 Å². The monoisotopic (exact) mass is 481 g/mol. The number of benzene rings is 2. The van der Waals surface area contributed by atoms with Crippen LogP contribution >= 0.6 is 22.9 Å². The van der Waals surface area contributed by atoms with Crippen LogP contribution in [-0.4, -0.2) is 28.3 Å². The third kappa shape index (κ3) is 5.61. The Hall–Kier alpha value is -3.16. The van der Waals surface area contributed by atoms with E-state index in [2.05, 4.69) is 17.0 Å². The molecule has 0 amide bonds. The van der Waals surface area contributed by atoms with Gasteiger partial charge in [0.05, 0.1) is 18.2 Å². The van der Waals surface area contributed by atoms with E-state index >= 15 is 0 Å². The van der Waals surface area contributed by atoms with Crippen molar-refractivity contribution in [1.29, 1.82) is 0 Å². The fourth-order valence-corrected chi connectivity index (χ4v) is 4.28. The van der Waals surface area contributed by atoms with Gasteiger partial charge in [0.1, 0.15) is 0 Å². The second kappa shape index (κ2) is 10.6. The number of hydrogen-bond acceptors (Lipinski definition) is 6. The Balaban J connectivity index is 1.55. The summed E-state index contributed by atoms with van der Waals surface area (Å²) in [5.41, 5.74) is 1.62. The first-order valence-corrected chi connectivity index (χ1v) is 11.9. The number of methoxy groups -OCH3 is 1. The van der Waals surface area contributed by atoms with Gasteiger partial charge in [0.25, 0.3) is 5.56 Å². The number of aromatic nitrogens is 3. The zero-order valence-corrected chi connectivity index (χ0v) is 20.0. The lowest BCUT2D eigenvalue weighted by atomic mass is 10.2. The molecule has 8 heteroatoms. The minimum absolute atomic E-state index is 0.201. The summed E-state index contributed by atoms with van der Waals surface area (Å²) in [6.07, 6.45) is 8.75. The highest BCUT2D eigenvalue weighted by Crippen LogP contribution is 2.28. The summed E-state index contributed by atoms with van der Waals surface area (Å²) < 4.78 is 13.2. The van der Waals surface area contributed by atoms with Crippen molar-refractivity contribution in [3.8, 4) is 11.5 Å². The molecule has 0 fully saturated rings. The zero-order valence-electron chi connectivity index (χ0n) is 18.5. The maximum Gasteiger partial charge on any atom is 0.291 e. The number of thiazole rings is 1. The van der Waals surface area contributed by atoms with Gasteiger partial charge in [-0.05, 0) is 54.0 Å². The molecule has 4 aromatic rings. The number of hydrogen-bond donors (Lipinski definition) is 0. The van der Waals surface area contributed by atoms with Gasteiger partial charge in [-0.15, -0.1) is 5.10 Å². The molecule has 4 rings (SSSR count). The van der Waals surface area contributed by atoms with Crippen molar-refractivity contribution in [2.24, 2.45) is 0 Å². The maximum absolute atomic E-state index is 12.8. The Kier molecular flexibility index (Phi) is 7.42. The number of unbranched alkanes of at least 4 members (excludes halogenated alkanes) is 2. The largest absolute Gasteiger partial charge is 0.493 e. The summed E-state index contributed by atoms with van der Waals surface area (Å²) in [5.74, 6) is 1.82. The van der Waals surface area contributed by atoms with Crippen LogP contribution in [0.2, 0.25) is 5.02 Å². The molecule has 2 aromatic heterocycles. The SMILES string of the molecule is CCCCCOc1ccc(/C=c2/sc3nc(/C=C/c4ccc(Cl)cc4)nn3c2=O)cc1OC. The summed E-state index contributed by atoms with van der Waals surface area (Å²) >= 11 is 7.21. The van der Waals surface area contributed by atoms with E-state index in [1.54, 1.807) is 13.2 Å². The molecule has 0 aliphatic heterocycles. The standard InChI is InChI=1S/C25H24ClN3O3S/c1-3-4-5-14-32-20-12-8-18(15-21(20)31-2)16-22-24(30)29-25(33-22)27-23(28-29)13-9-17-6-10-19(26)11-7-17/h6-13,15-16H,3-5,14H2,1-2H3/b13-9+,22-16+. The van der Waals surface area contributed by atoms with Crippen LogP contribution in [0, 0.1) is 0 Å². The van der Waals surface area contributed by atoms with Crippen molar-refractivity contribution in [1.82, 2.24) is 14.6 Å². The highest BCUT2D eigenvalue weighted by Gasteiger charge is 2.10.